The van der Waals surface area contributed by atoms with Gasteiger partial charge >= 0.3 is 0 Å². The van der Waals surface area contributed by atoms with Crippen molar-refractivity contribution in [3.05, 3.63) is 83.8 Å². The van der Waals surface area contributed by atoms with E-state index in [1.807, 2.05) is 53.2 Å². The smallest absolute Gasteiger partial charge is 0.259 e. The van der Waals surface area contributed by atoms with Crippen molar-refractivity contribution in [1.82, 2.24) is 14.7 Å². The van der Waals surface area contributed by atoms with Crippen molar-refractivity contribution in [2.75, 3.05) is 25.5 Å². The summed E-state index contributed by atoms with van der Waals surface area (Å²) < 4.78 is 20.5. The number of hydrogen-bond acceptors (Lipinski definition) is 4. The molecule has 1 amide bonds. The number of methoxy groups -OCH3 is 1. The van der Waals surface area contributed by atoms with E-state index in [2.05, 4.69) is 15.3 Å². The summed E-state index contributed by atoms with van der Waals surface area (Å²) in [5.74, 6) is 0.253. The first-order chi connectivity index (χ1) is 15.1. The van der Waals surface area contributed by atoms with Gasteiger partial charge in [-0.05, 0) is 36.1 Å². The lowest BCUT2D eigenvalue weighted by Crippen LogP contribution is -2.35. The van der Waals surface area contributed by atoms with Crippen LogP contribution in [0, 0.1) is 5.82 Å². The topological polar surface area (TPSA) is 59.4 Å². The molecule has 0 bridgehead atoms. The zero-order valence-electron chi connectivity index (χ0n) is 17.6. The van der Waals surface area contributed by atoms with E-state index in [1.165, 1.54) is 19.2 Å². The molecule has 2 heterocycles. The van der Waals surface area contributed by atoms with Gasteiger partial charge in [-0.1, -0.05) is 42.5 Å². The molecule has 0 spiro atoms. The number of amides is 1. The van der Waals surface area contributed by atoms with Crippen LogP contribution in [0.25, 0.3) is 0 Å². The first kappa shape index (κ1) is 21.2. The summed E-state index contributed by atoms with van der Waals surface area (Å²) in [5.41, 5.74) is 1.92. The molecule has 4 rings (SSSR count). The molecule has 1 atom stereocenters. The van der Waals surface area contributed by atoms with E-state index < -0.39 is 6.10 Å². The number of piperidine rings is 1. The minimum atomic E-state index is -0.679. The number of halogens is 1. The molecule has 1 saturated heterocycles. The van der Waals surface area contributed by atoms with Crippen molar-refractivity contribution in [3.8, 4) is 0 Å². The van der Waals surface area contributed by atoms with Gasteiger partial charge in [0, 0.05) is 32.8 Å². The van der Waals surface area contributed by atoms with Crippen LogP contribution in [-0.4, -0.2) is 40.8 Å². The van der Waals surface area contributed by atoms with Gasteiger partial charge in [0.1, 0.15) is 11.6 Å². The molecular weight excluding hydrogens is 395 g/mol. The molecule has 2 aromatic carbocycles. The molecule has 7 heteroatoms. The van der Waals surface area contributed by atoms with Gasteiger partial charge in [-0.25, -0.2) is 9.07 Å². The van der Waals surface area contributed by atoms with Gasteiger partial charge in [0.25, 0.3) is 5.91 Å². The molecule has 0 radical (unpaired) electrons. The predicted octanol–water partition coefficient (Wildman–Crippen LogP) is 4.19. The molecule has 1 aliphatic rings. The highest BCUT2D eigenvalue weighted by Crippen LogP contribution is 2.27. The second-order valence-corrected chi connectivity index (χ2v) is 7.81. The Hall–Kier alpha value is -3.03. The Labute approximate surface area is 181 Å². The molecule has 1 N–H and O–H groups in total. The number of nitrogens with zero attached hydrogens (tertiary/aromatic N) is 3. The van der Waals surface area contributed by atoms with E-state index in [-0.39, 0.29) is 17.8 Å². The van der Waals surface area contributed by atoms with E-state index in [0.29, 0.717) is 5.82 Å². The maximum absolute atomic E-state index is 13.1. The van der Waals surface area contributed by atoms with Crippen molar-refractivity contribution < 1.29 is 13.9 Å². The number of benzene rings is 2. The van der Waals surface area contributed by atoms with Gasteiger partial charge in [0.05, 0.1) is 12.2 Å². The van der Waals surface area contributed by atoms with Crippen LogP contribution in [0.5, 0.6) is 0 Å². The van der Waals surface area contributed by atoms with Crippen LogP contribution in [0.4, 0.5) is 10.2 Å². The lowest BCUT2D eigenvalue weighted by Gasteiger charge is -2.32. The van der Waals surface area contributed by atoms with Crippen LogP contribution in [0.2, 0.25) is 0 Å². The average Bonchev–Trinajstić information content (AvgIpc) is 3.25. The highest BCUT2D eigenvalue weighted by molar-refractivity contribution is 5.94. The van der Waals surface area contributed by atoms with Crippen LogP contribution in [0.3, 0.4) is 0 Å². The molecule has 6 nitrogen and oxygen atoms in total. The Morgan fingerprint density at radius 2 is 1.84 bits per heavy atom. The average molecular weight is 423 g/mol. The van der Waals surface area contributed by atoms with Gasteiger partial charge in [-0.2, -0.15) is 5.10 Å². The molecule has 162 valence electrons. The standard InChI is InChI=1S/C24H27FN4O2/c1-31-23(19-5-3-2-4-6-19)24(30)27-22-11-14-26-29(22)21-12-15-28(16-13-21)17-18-7-9-20(25)10-8-18/h2-11,14,21,23H,12-13,15-17H2,1H3,(H,27,30)/t23-/m1/s1. The number of hydrogen-bond donors (Lipinski definition) is 1. The second kappa shape index (κ2) is 9.85. The molecule has 0 aliphatic carbocycles. The number of nitrogens with one attached hydrogen (secondary N) is 1. The third-order valence-electron chi connectivity index (χ3n) is 5.72. The van der Waals surface area contributed by atoms with E-state index >= 15 is 0 Å². The predicted molar refractivity (Wildman–Crippen MR) is 117 cm³/mol. The van der Waals surface area contributed by atoms with Gasteiger partial charge < -0.3 is 10.1 Å². The fourth-order valence-corrected chi connectivity index (χ4v) is 4.09. The Balaban J connectivity index is 1.36. The van der Waals surface area contributed by atoms with Crippen molar-refractivity contribution in [2.45, 2.75) is 31.5 Å². The monoisotopic (exact) mass is 422 g/mol. The molecule has 3 aromatic rings. The quantitative estimate of drug-likeness (QED) is 0.620. The summed E-state index contributed by atoms with van der Waals surface area (Å²) in [5, 5.41) is 7.45. The zero-order valence-corrected chi connectivity index (χ0v) is 17.6. The number of likely N-dealkylation sites (tertiary alicyclic amines) is 1. The summed E-state index contributed by atoms with van der Waals surface area (Å²) in [6.45, 7) is 2.64. The fourth-order valence-electron chi connectivity index (χ4n) is 4.09. The Kier molecular flexibility index (Phi) is 6.74. The molecule has 1 aromatic heterocycles. The summed E-state index contributed by atoms with van der Waals surface area (Å²) in [6, 6.07) is 18.1. The maximum atomic E-state index is 13.1. The summed E-state index contributed by atoms with van der Waals surface area (Å²) in [6.07, 6.45) is 2.89. The van der Waals surface area contributed by atoms with Crippen LogP contribution < -0.4 is 5.32 Å². The number of carbonyl (C=O) groups is 1. The molecule has 0 saturated carbocycles. The van der Waals surface area contributed by atoms with E-state index in [9.17, 15) is 9.18 Å². The maximum Gasteiger partial charge on any atom is 0.259 e. The van der Waals surface area contributed by atoms with Gasteiger partial charge in [0.2, 0.25) is 0 Å². The number of ether oxygens (including phenoxy) is 1. The summed E-state index contributed by atoms with van der Waals surface area (Å²) in [4.78, 5) is 15.2. The third-order valence-corrected chi connectivity index (χ3v) is 5.72. The zero-order chi connectivity index (χ0) is 21.6. The van der Waals surface area contributed by atoms with Crippen molar-refractivity contribution in [3.63, 3.8) is 0 Å². The molecule has 1 aliphatic heterocycles. The Morgan fingerprint density at radius 3 is 2.52 bits per heavy atom. The van der Waals surface area contributed by atoms with Crippen molar-refractivity contribution >= 4 is 11.7 Å². The van der Waals surface area contributed by atoms with Crippen LogP contribution in [0.1, 0.15) is 36.1 Å². The van der Waals surface area contributed by atoms with E-state index in [0.717, 1.165) is 43.6 Å². The Morgan fingerprint density at radius 1 is 1.13 bits per heavy atom. The lowest BCUT2D eigenvalue weighted by molar-refractivity contribution is -0.126. The highest BCUT2D eigenvalue weighted by Gasteiger charge is 2.25. The SMILES string of the molecule is CO[C@@H](C(=O)Nc1ccnn1C1CCN(Cc2ccc(F)cc2)CC1)c1ccccc1. The molecule has 0 unspecified atom stereocenters. The van der Waals surface area contributed by atoms with Crippen molar-refractivity contribution in [1.29, 1.82) is 0 Å². The number of rotatable bonds is 7. The molecule has 1 fully saturated rings. The minimum absolute atomic E-state index is 0.210. The van der Waals surface area contributed by atoms with Crippen LogP contribution in [-0.2, 0) is 16.1 Å². The summed E-state index contributed by atoms with van der Waals surface area (Å²) >= 11 is 0. The van der Waals surface area contributed by atoms with Gasteiger partial charge in [-0.3, -0.25) is 9.69 Å². The normalized spacial score (nSPS) is 16.2. The van der Waals surface area contributed by atoms with Crippen LogP contribution >= 0.6 is 0 Å². The number of anilines is 1. The second-order valence-electron chi connectivity index (χ2n) is 7.81. The third kappa shape index (κ3) is 5.18. The van der Waals surface area contributed by atoms with Crippen molar-refractivity contribution in [2.24, 2.45) is 0 Å². The van der Waals surface area contributed by atoms with Crippen LogP contribution in [0.15, 0.2) is 66.9 Å². The van der Waals surface area contributed by atoms with E-state index in [4.69, 9.17) is 4.74 Å². The van der Waals surface area contributed by atoms with Gasteiger partial charge in [-0.15, -0.1) is 0 Å². The van der Waals surface area contributed by atoms with Gasteiger partial charge in [0.15, 0.2) is 6.10 Å². The summed E-state index contributed by atoms with van der Waals surface area (Å²) in [7, 11) is 1.53. The van der Waals surface area contributed by atoms with E-state index in [1.54, 1.807) is 6.20 Å². The molecule has 31 heavy (non-hydrogen) atoms. The molecular formula is C24H27FN4O2. The highest BCUT2D eigenvalue weighted by atomic mass is 19.1. The Bertz CT molecular complexity index is 982. The largest absolute Gasteiger partial charge is 0.367 e. The lowest BCUT2D eigenvalue weighted by atomic mass is 10.0. The number of carbonyl (C=O) groups excluding carboxylic acids is 1. The first-order valence-corrected chi connectivity index (χ1v) is 10.5. The minimum Gasteiger partial charge on any atom is -0.367 e. The first-order valence-electron chi connectivity index (χ1n) is 10.5. The number of aromatic nitrogens is 2. The fraction of sp³-hybridized carbons (Fsp3) is 0.333.